The van der Waals surface area contributed by atoms with Crippen LogP contribution in [0.25, 0.3) is 0 Å². The summed E-state index contributed by atoms with van der Waals surface area (Å²) in [7, 11) is 0. The van der Waals surface area contributed by atoms with Crippen molar-refractivity contribution in [3.05, 3.63) is 12.7 Å². The van der Waals surface area contributed by atoms with Crippen LogP contribution in [0.2, 0.25) is 0 Å². The van der Waals surface area contributed by atoms with Gasteiger partial charge in [0.05, 0.1) is 0 Å². The molecule has 1 saturated heterocycles. The maximum atomic E-state index is 5.34. The SMILES string of the molecule is C=CCNC1CCCOCC1. The van der Waals surface area contributed by atoms with Gasteiger partial charge < -0.3 is 10.1 Å². The van der Waals surface area contributed by atoms with Gasteiger partial charge in [0.25, 0.3) is 0 Å². The van der Waals surface area contributed by atoms with E-state index in [9.17, 15) is 0 Å². The molecule has 1 aliphatic rings. The molecule has 0 radical (unpaired) electrons. The van der Waals surface area contributed by atoms with Crippen LogP contribution in [0.1, 0.15) is 19.3 Å². The van der Waals surface area contributed by atoms with E-state index in [0.29, 0.717) is 6.04 Å². The Hall–Kier alpha value is -0.340. The lowest BCUT2D eigenvalue weighted by Crippen LogP contribution is -2.29. The highest BCUT2D eigenvalue weighted by Crippen LogP contribution is 2.07. The summed E-state index contributed by atoms with van der Waals surface area (Å²) in [6.07, 6.45) is 5.49. The third-order valence-corrected chi connectivity index (χ3v) is 2.00. The Labute approximate surface area is 68.6 Å². The molecule has 1 fully saturated rings. The van der Waals surface area contributed by atoms with Crippen molar-refractivity contribution in [1.82, 2.24) is 5.32 Å². The predicted octanol–water partition coefficient (Wildman–Crippen LogP) is 1.33. The standard InChI is InChI=1S/C9H17NO/c1-2-6-10-9-4-3-7-11-8-5-9/h2,9-10H,1,3-8H2. The molecular formula is C9H17NO. The van der Waals surface area contributed by atoms with E-state index in [0.717, 1.165) is 26.2 Å². The zero-order chi connectivity index (χ0) is 7.94. The maximum Gasteiger partial charge on any atom is 0.0480 e. The van der Waals surface area contributed by atoms with Crippen LogP contribution in [0.15, 0.2) is 12.7 Å². The van der Waals surface area contributed by atoms with Gasteiger partial charge in [0.2, 0.25) is 0 Å². The molecule has 1 unspecified atom stereocenters. The van der Waals surface area contributed by atoms with Crippen LogP contribution >= 0.6 is 0 Å². The lowest BCUT2D eigenvalue weighted by molar-refractivity contribution is 0.143. The molecule has 1 atom stereocenters. The molecule has 0 aromatic carbocycles. The Bertz CT molecular complexity index is 106. The fraction of sp³-hybridized carbons (Fsp3) is 0.778. The smallest absolute Gasteiger partial charge is 0.0480 e. The van der Waals surface area contributed by atoms with Crippen molar-refractivity contribution in [3.63, 3.8) is 0 Å². The molecule has 1 aliphatic heterocycles. The molecule has 64 valence electrons. The van der Waals surface area contributed by atoms with Crippen LogP contribution < -0.4 is 5.32 Å². The molecule has 0 bridgehead atoms. The molecule has 1 N–H and O–H groups in total. The van der Waals surface area contributed by atoms with E-state index in [-0.39, 0.29) is 0 Å². The molecule has 0 amide bonds. The molecule has 1 rings (SSSR count). The summed E-state index contributed by atoms with van der Waals surface area (Å²) in [5.74, 6) is 0. The number of ether oxygens (including phenoxy) is 1. The molecule has 0 aromatic heterocycles. The first-order valence-corrected chi connectivity index (χ1v) is 4.35. The van der Waals surface area contributed by atoms with Gasteiger partial charge in [-0.2, -0.15) is 0 Å². The van der Waals surface area contributed by atoms with Crippen molar-refractivity contribution in [2.24, 2.45) is 0 Å². The number of nitrogens with one attached hydrogen (secondary N) is 1. The Morgan fingerprint density at radius 2 is 2.36 bits per heavy atom. The maximum absolute atomic E-state index is 5.34. The van der Waals surface area contributed by atoms with Crippen LogP contribution in [-0.2, 0) is 4.74 Å². The minimum absolute atomic E-state index is 0.649. The topological polar surface area (TPSA) is 21.3 Å². The first-order chi connectivity index (χ1) is 5.43. The first-order valence-electron chi connectivity index (χ1n) is 4.35. The monoisotopic (exact) mass is 155 g/mol. The van der Waals surface area contributed by atoms with E-state index >= 15 is 0 Å². The fourth-order valence-electron chi connectivity index (χ4n) is 1.36. The highest BCUT2D eigenvalue weighted by Gasteiger charge is 2.09. The lowest BCUT2D eigenvalue weighted by Gasteiger charge is -2.13. The van der Waals surface area contributed by atoms with Crippen molar-refractivity contribution in [1.29, 1.82) is 0 Å². The van der Waals surface area contributed by atoms with E-state index in [4.69, 9.17) is 4.74 Å². The van der Waals surface area contributed by atoms with Gasteiger partial charge in [-0.15, -0.1) is 6.58 Å². The van der Waals surface area contributed by atoms with Gasteiger partial charge in [-0.1, -0.05) is 6.08 Å². The van der Waals surface area contributed by atoms with Gasteiger partial charge in [-0.3, -0.25) is 0 Å². The first kappa shape index (κ1) is 8.75. The summed E-state index contributed by atoms with van der Waals surface area (Å²) in [5.41, 5.74) is 0. The van der Waals surface area contributed by atoms with Gasteiger partial charge in [-0.05, 0) is 19.3 Å². The second kappa shape index (κ2) is 5.33. The molecule has 1 heterocycles. The van der Waals surface area contributed by atoms with Gasteiger partial charge in [0.15, 0.2) is 0 Å². The van der Waals surface area contributed by atoms with E-state index in [1.54, 1.807) is 0 Å². The third kappa shape index (κ3) is 3.54. The van der Waals surface area contributed by atoms with E-state index in [1.165, 1.54) is 12.8 Å². The van der Waals surface area contributed by atoms with Crippen LogP contribution in [0.3, 0.4) is 0 Å². The Balaban J connectivity index is 2.14. The zero-order valence-electron chi connectivity index (χ0n) is 7.01. The highest BCUT2D eigenvalue weighted by molar-refractivity contribution is 4.76. The molecule has 0 aromatic rings. The summed E-state index contributed by atoms with van der Waals surface area (Å²) in [6, 6.07) is 0.649. The van der Waals surface area contributed by atoms with Gasteiger partial charge in [0, 0.05) is 25.8 Å². The average molecular weight is 155 g/mol. The summed E-state index contributed by atoms with van der Waals surface area (Å²) >= 11 is 0. The Kier molecular flexibility index (Phi) is 4.24. The third-order valence-electron chi connectivity index (χ3n) is 2.00. The quantitative estimate of drug-likeness (QED) is 0.621. The van der Waals surface area contributed by atoms with Crippen molar-refractivity contribution in [2.45, 2.75) is 25.3 Å². The van der Waals surface area contributed by atoms with E-state index < -0.39 is 0 Å². The minimum atomic E-state index is 0.649. The van der Waals surface area contributed by atoms with Crippen LogP contribution in [0.5, 0.6) is 0 Å². The Morgan fingerprint density at radius 1 is 1.45 bits per heavy atom. The van der Waals surface area contributed by atoms with Gasteiger partial charge in [0.1, 0.15) is 0 Å². The van der Waals surface area contributed by atoms with Crippen molar-refractivity contribution in [3.8, 4) is 0 Å². The van der Waals surface area contributed by atoms with Crippen LogP contribution in [-0.4, -0.2) is 25.8 Å². The summed E-state index contributed by atoms with van der Waals surface area (Å²) in [6.45, 7) is 6.44. The largest absolute Gasteiger partial charge is 0.381 e. The van der Waals surface area contributed by atoms with Crippen LogP contribution in [0.4, 0.5) is 0 Å². The van der Waals surface area contributed by atoms with Crippen molar-refractivity contribution >= 4 is 0 Å². The average Bonchev–Trinajstić information content (AvgIpc) is 2.28. The van der Waals surface area contributed by atoms with E-state index in [2.05, 4.69) is 11.9 Å². The van der Waals surface area contributed by atoms with E-state index in [1.807, 2.05) is 6.08 Å². The molecule has 2 heteroatoms. The van der Waals surface area contributed by atoms with Crippen LogP contribution in [0, 0.1) is 0 Å². The summed E-state index contributed by atoms with van der Waals surface area (Å²) in [5, 5.41) is 3.41. The summed E-state index contributed by atoms with van der Waals surface area (Å²) < 4.78 is 5.34. The number of hydrogen-bond acceptors (Lipinski definition) is 2. The fourth-order valence-corrected chi connectivity index (χ4v) is 1.36. The van der Waals surface area contributed by atoms with Gasteiger partial charge in [-0.25, -0.2) is 0 Å². The predicted molar refractivity (Wildman–Crippen MR) is 46.7 cm³/mol. The highest BCUT2D eigenvalue weighted by atomic mass is 16.5. The minimum Gasteiger partial charge on any atom is -0.381 e. The van der Waals surface area contributed by atoms with Crippen molar-refractivity contribution < 1.29 is 4.74 Å². The molecule has 0 spiro atoms. The zero-order valence-corrected chi connectivity index (χ0v) is 7.01. The number of hydrogen-bond donors (Lipinski definition) is 1. The molecular weight excluding hydrogens is 138 g/mol. The lowest BCUT2D eigenvalue weighted by atomic mass is 10.1. The van der Waals surface area contributed by atoms with Crippen molar-refractivity contribution in [2.75, 3.05) is 19.8 Å². The molecule has 2 nitrogen and oxygen atoms in total. The summed E-state index contributed by atoms with van der Waals surface area (Å²) in [4.78, 5) is 0. The molecule has 0 saturated carbocycles. The van der Waals surface area contributed by atoms with Gasteiger partial charge >= 0.3 is 0 Å². The molecule has 11 heavy (non-hydrogen) atoms. The second-order valence-corrected chi connectivity index (χ2v) is 2.94. The Morgan fingerprint density at radius 3 is 3.18 bits per heavy atom. The normalized spacial score (nSPS) is 26.0. The molecule has 0 aliphatic carbocycles. The number of rotatable bonds is 3. The second-order valence-electron chi connectivity index (χ2n) is 2.94.